The summed E-state index contributed by atoms with van der Waals surface area (Å²) in [5.74, 6) is 0. The van der Waals surface area contributed by atoms with E-state index in [1.165, 1.54) is 5.56 Å². The van der Waals surface area contributed by atoms with Gasteiger partial charge in [0, 0.05) is 18.1 Å². The molecule has 2 saturated heterocycles. The summed E-state index contributed by atoms with van der Waals surface area (Å²) in [5, 5.41) is 6.79. The number of carbonyl (C=O) groups is 1. The second-order valence-electron chi connectivity index (χ2n) is 8.61. The lowest BCUT2D eigenvalue weighted by Gasteiger charge is -2.48. The van der Waals surface area contributed by atoms with Crippen LogP contribution in [0.5, 0.6) is 0 Å². The van der Waals surface area contributed by atoms with Crippen molar-refractivity contribution in [3.8, 4) is 0 Å². The maximum atomic E-state index is 12.7. The van der Waals surface area contributed by atoms with Crippen LogP contribution in [0.4, 0.5) is 4.79 Å². The number of rotatable bonds is 3. The van der Waals surface area contributed by atoms with Gasteiger partial charge in [-0.05, 0) is 71.3 Å². The molecule has 3 aliphatic rings. The molecular formula is C21H32N4O. The molecule has 1 saturated carbocycles. The summed E-state index contributed by atoms with van der Waals surface area (Å²) >= 11 is 0. The van der Waals surface area contributed by atoms with Gasteiger partial charge >= 0.3 is 6.03 Å². The van der Waals surface area contributed by atoms with E-state index in [2.05, 4.69) is 64.9 Å². The first kappa shape index (κ1) is 17.8. The van der Waals surface area contributed by atoms with Gasteiger partial charge in [-0.15, -0.1) is 0 Å². The van der Waals surface area contributed by atoms with E-state index in [9.17, 15) is 4.79 Å². The van der Waals surface area contributed by atoms with Gasteiger partial charge in [-0.1, -0.05) is 30.3 Å². The van der Waals surface area contributed by atoms with Gasteiger partial charge in [0.05, 0.1) is 5.54 Å². The zero-order valence-corrected chi connectivity index (χ0v) is 16.1. The molecule has 2 aliphatic heterocycles. The number of nitrogens with one attached hydrogen (secondary N) is 2. The summed E-state index contributed by atoms with van der Waals surface area (Å²) in [5.41, 5.74) is 1.45. The largest absolute Gasteiger partial charge is 0.331 e. The fraction of sp³-hybridized carbons (Fsp3) is 0.667. The molecule has 5 nitrogen and oxygen atoms in total. The fourth-order valence-electron chi connectivity index (χ4n) is 5.32. The Morgan fingerprint density at radius 3 is 2.31 bits per heavy atom. The van der Waals surface area contributed by atoms with E-state index in [-0.39, 0.29) is 17.1 Å². The number of hydrogen-bond donors (Lipinski definition) is 2. The van der Waals surface area contributed by atoms with E-state index < -0.39 is 0 Å². The summed E-state index contributed by atoms with van der Waals surface area (Å²) in [4.78, 5) is 17.2. The lowest BCUT2D eigenvalue weighted by atomic mass is 9.69. The number of urea groups is 1. The third kappa shape index (κ3) is 3.01. The predicted molar refractivity (Wildman–Crippen MR) is 104 cm³/mol. The molecule has 2 amide bonds. The monoisotopic (exact) mass is 356 g/mol. The van der Waals surface area contributed by atoms with Crippen molar-refractivity contribution in [3.05, 3.63) is 35.9 Å². The molecule has 1 aliphatic carbocycles. The van der Waals surface area contributed by atoms with Crippen molar-refractivity contribution >= 4 is 6.03 Å². The van der Waals surface area contributed by atoms with Crippen LogP contribution in [0, 0.1) is 0 Å². The van der Waals surface area contributed by atoms with Gasteiger partial charge in [0.1, 0.15) is 0 Å². The number of amides is 2. The number of benzene rings is 1. The van der Waals surface area contributed by atoms with Crippen molar-refractivity contribution in [2.75, 3.05) is 33.7 Å². The van der Waals surface area contributed by atoms with Crippen LogP contribution in [-0.2, 0) is 5.54 Å². The van der Waals surface area contributed by atoms with Crippen LogP contribution in [0.15, 0.2) is 30.3 Å². The first-order valence-electron chi connectivity index (χ1n) is 10.1. The minimum Gasteiger partial charge on any atom is -0.331 e. The lowest BCUT2D eigenvalue weighted by Crippen LogP contribution is -2.54. The Hall–Kier alpha value is -1.59. The predicted octanol–water partition coefficient (Wildman–Crippen LogP) is 2.53. The zero-order chi connectivity index (χ0) is 18.2. The van der Waals surface area contributed by atoms with E-state index in [0.29, 0.717) is 6.04 Å². The Labute approximate surface area is 157 Å². The molecule has 1 spiro atoms. The molecular weight excluding hydrogens is 324 g/mol. The number of hydrogen-bond acceptors (Lipinski definition) is 3. The molecule has 5 heteroatoms. The third-order valence-corrected chi connectivity index (χ3v) is 7.06. The topological polar surface area (TPSA) is 47.6 Å². The van der Waals surface area contributed by atoms with Crippen LogP contribution in [0.1, 0.15) is 44.1 Å². The molecule has 26 heavy (non-hydrogen) atoms. The van der Waals surface area contributed by atoms with Crippen molar-refractivity contribution in [1.82, 2.24) is 20.4 Å². The van der Waals surface area contributed by atoms with Gasteiger partial charge in [0.25, 0.3) is 0 Å². The summed E-state index contributed by atoms with van der Waals surface area (Å²) in [6.07, 6.45) is 6.43. The molecule has 3 fully saturated rings. The number of piperidine rings is 1. The van der Waals surface area contributed by atoms with E-state index >= 15 is 0 Å². The minimum atomic E-state index is -0.0315. The SMILES string of the molecule is CN(C)[C@]1(c2ccccc2)CC[C@@]2(CC1)CN(C1CCNCC1)C(=O)N2. The Morgan fingerprint density at radius 1 is 1.04 bits per heavy atom. The molecule has 142 valence electrons. The Kier molecular flexibility index (Phi) is 4.70. The number of nitrogens with zero attached hydrogens (tertiary/aromatic N) is 2. The highest BCUT2D eigenvalue weighted by Gasteiger charge is 2.51. The molecule has 0 atom stereocenters. The average Bonchev–Trinajstić information content (AvgIpc) is 3.00. The summed E-state index contributed by atoms with van der Waals surface area (Å²) in [7, 11) is 4.39. The van der Waals surface area contributed by atoms with Gasteiger partial charge in [-0.2, -0.15) is 0 Å². The zero-order valence-electron chi connectivity index (χ0n) is 16.1. The number of carbonyl (C=O) groups excluding carboxylic acids is 1. The average molecular weight is 357 g/mol. The highest BCUT2D eigenvalue weighted by molar-refractivity contribution is 5.78. The van der Waals surface area contributed by atoms with Gasteiger partial charge in [-0.3, -0.25) is 4.90 Å². The molecule has 2 N–H and O–H groups in total. The van der Waals surface area contributed by atoms with E-state index in [1.54, 1.807) is 0 Å². The van der Waals surface area contributed by atoms with Crippen LogP contribution >= 0.6 is 0 Å². The molecule has 0 aromatic heterocycles. The van der Waals surface area contributed by atoms with Crippen molar-refractivity contribution in [2.45, 2.75) is 55.6 Å². The molecule has 0 bridgehead atoms. The molecule has 0 unspecified atom stereocenters. The van der Waals surface area contributed by atoms with Gasteiger partial charge < -0.3 is 15.5 Å². The molecule has 0 radical (unpaired) electrons. The smallest absolute Gasteiger partial charge is 0.318 e. The molecule has 4 rings (SSSR count). The highest BCUT2D eigenvalue weighted by atomic mass is 16.2. The highest BCUT2D eigenvalue weighted by Crippen LogP contribution is 2.46. The Morgan fingerprint density at radius 2 is 1.69 bits per heavy atom. The first-order chi connectivity index (χ1) is 12.5. The Bertz CT molecular complexity index is 631. The van der Waals surface area contributed by atoms with Crippen molar-refractivity contribution < 1.29 is 4.79 Å². The van der Waals surface area contributed by atoms with Crippen LogP contribution < -0.4 is 10.6 Å². The second kappa shape index (κ2) is 6.86. The van der Waals surface area contributed by atoms with Crippen LogP contribution in [0.25, 0.3) is 0 Å². The van der Waals surface area contributed by atoms with Crippen LogP contribution in [0.3, 0.4) is 0 Å². The molecule has 1 aromatic carbocycles. The quantitative estimate of drug-likeness (QED) is 0.875. The maximum Gasteiger partial charge on any atom is 0.318 e. The summed E-state index contributed by atoms with van der Waals surface area (Å²) in [6.45, 7) is 2.94. The minimum absolute atomic E-state index is 0.0315. The molecule has 1 aromatic rings. The van der Waals surface area contributed by atoms with E-state index in [1.807, 2.05) is 0 Å². The third-order valence-electron chi connectivity index (χ3n) is 7.06. The molecule has 2 heterocycles. The summed E-state index contributed by atoms with van der Waals surface area (Å²) in [6, 6.07) is 11.5. The Balaban J connectivity index is 1.49. The summed E-state index contributed by atoms with van der Waals surface area (Å²) < 4.78 is 0. The fourth-order valence-corrected chi connectivity index (χ4v) is 5.32. The van der Waals surface area contributed by atoms with Gasteiger partial charge in [-0.25, -0.2) is 4.79 Å². The lowest BCUT2D eigenvalue weighted by molar-refractivity contribution is 0.0597. The first-order valence-corrected chi connectivity index (χ1v) is 10.1. The van der Waals surface area contributed by atoms with Crippen LogP contribution in [-0.4, -0.2) is 61.1 Å². The standard InChI is InChI=1S/C21H32N4O/c1-24(2)21(17-6-4-3-5-7-17)12-10-20(11-13-21)16-25(19(26)23-20)18-8-14-22-15-9-18/h3-7,18,22H,8-16H2,1-2H3,(H,23,26)/t20-,21-. The van der Waals surface area contributed by atoms with E-state index in [0.717, 1.165) is 58.2 Å². The van der Waals surface area contributed by atoms with Gasteiger partial charge in [0.2, 0.25) is 0 Å². The van der Waals surface area contributed by atoms with Crippen molar-refractivity contribution in [3.63, 3.8) is 0 Å². The van der Waals surface area contributed by atoms with Crippen molar-refractivity contribution in [2.24, 2.45) is 0 Å². The maximum absolute atomic E-state index is 12.7. The van der Waals surface area contributed by atoms with Crippen LogP contribution in [0.2, 0.25) is 0 Å². The van der Waals surface area contributed by atoms with Crippen molar-refractivity contribution in [1.29, 1.82) is 0 Å². The second-order valence-corrected chi connectivity index (χ2v) is 8.61. The van der Waals surface area contributed by atoms with E-state index in [4.69, 9.17) is 0 Å². The van der Waals surface area contributed by atoms with Gasteiger partial charge in [0.15, 0.2) is 0 Å². The normalized spacial score (nSPS) is 33.0.